The number of carbonyl (C=O) groups is 2. The Kier molecular flexibility index (Phi) is 5.52. The number of rotatable bonds is 6. The number of hydrogen-bond acceptors (Lipinski definition) is 3. The van der Waals surface area contributed by atoms with Gasteiger partial charge >= 0.3 is 0 Å². The van der Waals surface area contributed by atoms with Crippen molar-refractivity contribution in [1.29, 1.82) is 0 Å². The zero-order valence-electron chi connectivity index (χ0n) is 13.7. The van der Waals surface area contributed by atoms with Gasteiger partial charge in [-0.3, -0.25) is 9.59 Å². The fourth-order valence-corrected chi connectivity index (χ4v) is 2.32. The van der Waals surface area contributed by atoms with Gasteiger partial charge in [-0.1, -0.05) is 18.2 Å². The molecule has 0 aliphatic carbocycles. The normalized spacial score (nSPS) is 10.2. The van der Waals surface area contributed by atoms with Crippen molar-refractivity contribution in [1.82, 2.24) is 0 Å². The molecule has 0 aromatic heterocycles. The first-order chi connectivity index (χ1) is 10.9. The third-order valence-electron chi connectivity index (χ3n) is 3.35. The van der Waals surface area contributed by atoms with Crippen LogP contribution in [-0.4, -0.2) is 18.3 Å². The molecule has 0 bridgehead atoms. The number of hydrogen-bond donors (Lipinski definition) is 1. The summed E-state index contributed by atoms with van der Waals surface area (Å²) in [6.45, 7) is 5.82. The minimum atomic E-state index is -0.143. The van der Waals surface area contributed by atoms with Crippen LogP contribution in [-0.2, 0) is 4.79 Å². The van der Waals surface area contributed by atoms with E-state index in [-0.39, 0.29) is 18.1 Å². The van der Waals surface area contributed by atoms with Gasteiger partial charge in [0, 0.05) is 11.3 Å². The molecule has 4 nitrogen and oxygen atoms in total. The molecular weight excluding hydrogens is 290 g/mol. The van der Waals surface area contributed by atoms with E-state index < -0.39 is 0 Å². The molecule has 1 amide bonds. The standard InChI is InChI=1S/C19H21NO3/c1-13-9-14(2)11-18(10-13)23-8-7-19(22)20-17-6-4-5-16(12-17)15(3)21/h4-6,9-12H,7-8H2,1-3H3,(H,20,22). The highest BCUT2D eigenvalue weighted by molar-refractivity contribution is 5.97. The number of ether oxygens (including phenoxy) is 1. The molecule has 0 fully saturated rings. The molecule has 0 spiro atoms. The van der Waals surface area contributed by atoms with Gasteiger partial charge in [0.1, 0.15) is 5.75 Å². The maximum atomic E-state index is 11.9. The number of amides is 1. The Morgan fingerprint density at radius 1 is 1.04 bits per heavy atom. The average molecular weight is 311 g/mol. The van der Waals surface area contributed by atoms with E-state index in [4.69, 9.17) is 4.74 Å². The van der Waals surface area contributed by atoms with Crippen LogP contribution in [0, 0.1) is 13.8 Å². The van der Waals surface area contributed by atoms with Gasteiger partial charge in [-0.05, 0) is 56.2 Å². The van der Waals surface area contributed by atoms with Crippen molar-refractivity contribution in [2.45, 2.75) is 27.2 Å². The summed E-state index contributed by atoms with van der Waals surface area (Å²) in [6.07, 6.45) is 0.247. The Morgan fingerprint density at radius 2 is 1.74 bits per heavy atom. The molecule has 1 N–H and O–H groups in total. The van der Waals surface area contributed by atoms with Crippen molar-refractivity contribution in [3.63, 3.8) is 0 Å². The summed E-state index contributed by atoms with van der Waals surface area (Å²) in [7, 11) is 0. The van der Waals surface area contributed by atoms with E-state index in [1.165, 1.54) is 6.92 Å². The largest absolute Gasteiger partial charge is 0.493 e. The summed E-state index contributed by atoms with van der Waals surface area (Å²) >= 11 is 0. The Labute approximate surface area is 136 Å². The van der Waals surface area contributed by atoms with E-state index in [2.05, 4.69) is 11.4 Å². The smallest absolute Gasteiger partial charge is 0.227 e. The molecule has 0 aliphatic rings. The molecule has 0 aliphatic heterocycles. The molecule has 0 saturated carbocycles. The quantitative estimate of drug-likeness (QED) is 0.823. The van der Waals surface area contributed by atoms with Crippen molar-refractivity contribution >= 4 is 17.4 Å². The molecule has 0 saturated heterocycles. The molecule has 0 heterocycles. The van der Waals surface area contributed by atoms with E-state index in [1.54, 1.807) is 24.3 Å². The van der Waals surface area contributed by atoms with Crippen molar-refractivity contribution in [3.05, 3.63) is 59.2 Å². The van der Waals surface area contributed by atoms with Gasteiger partial charge in [0.05, 0.1) is 13.0 Å². The van der Waals surface area contributed by atoms with Crippen LogP contribution in [0.4, 0.5) is 5.69 Å². The second-order valence-corrected chi connectivity index (χ2v) is 5.61. The highest BCUT2D eigenvalue weighted by Gasteiger charge is 2.06. The number of aryl methyl sites for hydroxylation is 2. The third kappa shape index (κ3) is 5.25. The second kappa shape index (κ2) is 7.58. The second-order valence-electron chi connectivity index (χ2n) is 5.61. The molecule has 23 heavy (non-hydrogen) atoms. The van der Waals surface area contributed by atoms with Crippen LogP contribution >= 0.6 is 0 Å². The number of benzene rings is 2. The number of carbonyl (C=O) groups excluding carboxylic acids is 2. The summed E-state index contributed by atoms with van der Waals surface area (Å²) in [5.41, 5.74) is 3.46. The summed E-state index contributed by atoms with van der Waals surface area (Å²) in [6, 6.07) is 12.9. The van der Waals surface area contributed by atoms with Crippen LogP contribution < -0.4 is 10.1 Å². The lowest BCUT2D eigenvalue weighted by Gasteiger charge is -2.09. The molecule has 2 aromatic rings. The fourth-order valence-electron chi connectivity index (χ4n) is 2.32. The predicted octanol–water partition coefficient (Wildman–Crippen LogP) is 3.91. The number of ketones is 1. The van der Waals surface area contributed by atoms with Crippen molar-refractivity contribution in [2.75, 3.05) is 11.9 Å². The first-order valence-electron chi connectivity index (χ1n) is 7.56. The zero-order valence-corrected chi connectivity index (χ0v) is 13.7. The van der Waals surface area contributed by atoms with Crippen LogP contribution in [0.3, 0.4) is 0 Å². The minimum Gasteiger partial charge on any atom is -0.493 e. The van der Waals surface area contributed by atoms with Crippen molar-refractivity contribution in [2.24, 2.45) is 0 Å². The first-order valence-corrected chi connectivity index (χ1v) is 7.56. The van der Waals surface area contributed by atoms with Crippen LogP contribution in [0.5, 0.6) is 5.75 Å². The highest BCUT2D eigenvalue weighted by Crippen LogP contribution is 2.16. The summed E-state index contributed by atoms with van der Waals surface area (Å²) in [5, 5.41) is 2.78. The molecule has 2 aromatic carbocycles. The van der Waals surface area contributed by atoms with Gasteiger partial charge in [0.15, 0.2) is 5.78 Å². The molecule has 4 heteroatoms. The topological polar surface area (TPSA) is 55.4 Å². The Morgan fingerprint density at radius 3 is 2.39 bits per heavy atom. The lowest BCUT2D eigenvalue weighted by atomic mass is 10.1. The molecular formula is C19H21NO3. The number of anilines is 1. The van der Waals surface area contributed by atoms with Gasteiger partial charge in [0.25, 0.3) is 0 Å². The van der Waals surface area contributed by atoms with E-state index in [0.29, 0.717) is 17.9 Å². The van der Waals surface area contributed by atoms with Crippen LogP contribution in [0.25, 0.3) is 0 Å². The predicted molar refractivity (Wildman–Crippen MR) is 91.1 cm³/mol. The number of nitrogens with one attached hydrogen (secondary N) is 1. The Bertz CT molecular complexity index is 702. The summed E-state index contributed by atoms with van der Waals surface area (Å²) in [4.78, 5) is 23.3. The van der Waals surface area contributed by atoms with E-state index in [1.807, 2.05) is 26.0 Å². The number of Topliss-reactive ketones (excluding diaryl/α,β-unsaturated/α-hetero) is 1. The lowest BCUT2D eigenvalue weighted by molar-refractivity contribution is -0.116. The molecule has 120 valence electrons. The monoisotopic (exact) mass is 311 g/mol. The van der Waals surface area contributed by atoms with E-state index in [9.17, 15) is 9.59 Å². The minimum absolute atomic E-state index is 0.0285. The maximum absolute atomic E-state index is 11.9. The first kappa shape index (κ1) is 16.7. The van der Waals surface area contributed by atoms with E-state index >= 15 is 0 Å². The van der Waals surface area contributed by atoms with Gasteiger partial charge in [-0.2, -0.15) is 0 Å². The molecule has 0 radical (unpaired) electrons. The van der Waals surface area contributed by atoms with E-state index in [0.717, 1.165) is 16.9 Å². The molecule has 0 atom stereocenters. The molecule has 2 rings (SSSR count). The van der Waals surface area contributed by atoms with Gasteiger partial charge < -0.3 is 10.1 Å². The SMILES string of the molecule is CC(=O)c1cccc(NC(=O)CCOc2cc(C)cc(C)c2)c1. The summed E-state index contributed by atoms with van der Waals surface area (Å²) in [5.74, 6) is 0.600. The fraction of sp³-hybridized carbons (Fsp3) is 0.263. The lowest BCUT2D eigenvalue weighted by Crippen LogP contribution is -2.15. The summed E-state index contributed by atoms with van der Waals surface area (Å²) < 4.78 is 5.62. The van der Waals surface area contributed by atoms with Crippen LogP contribution in [0.15, 0.2) is 42.5 Å². The van der Waals surface area contributed by atoms with Gasteiger partial charge in [-0.25, -0.2) is 0 Å². The third-order valence-corrected chi connectivity index (χ3v) is 3.35. The van der Waals surface area contributed by atoms with Crippen molar-refractivity contribution in [3.8, 4) is 5.75 Å². The van der Waals surface area contributed by atoms with Crippen molar-refractivity contribution < 1.29 is 14.3 Å². The zero-order chi connectivity index (χ0) is 16.8. The van der Waals surface area contributed by atoms with Crippen LogP contribution in [0.1, 0.15) is 34.8 Å². The maximum Gasteiger partial charge on any atom is 0.227 e. The Hall–Kier alpha value is -2.62. The highest BCUT2D eigenvalue weighted by atomic mass is 16.5. The van der Waals surface area contributed by atoms with Crippen LogP contribution in [0.2, 0.25) is 0 Å². The van der Waals surface area contributed by atoms with Gasteiger partial charge in [-0.15, -0.1) is 0 Å². The Balaban J connectivity index is 1.85. The molecule has 0 unspecified atom stereocenters. The average Bonchev–Trinajstić information content (AvgIpc) is 2.46. The van der Waals surface area contributed by atoms with Gasteiger partial charge in [0.2, 0.25) is 5.91 Å².